The van der Waals surface area contributed by atoms with Crippen LogP contribution in [-0.4, -0.2) is 18.8 Å². The van der Waals surface area contributed by atoms with Crippen LogP contribution in [0.4, 0.5) is 0 Å². The zero-order valence-electron chi connectivity index (χ0n) is 15.1. The second kappa shape index (κ2) is 8.42. The summed E-state index contributed by atoms with van der Waals surface area (Å²) in [6.45, 7) is 6.50. The first-order chi connectivity index (χ1) is 11.9. The van der Waals surface area contributed by atoms with Crippen molar-refractivity contribution in [2.75, 3.05) is 13.7 Å². The average Bonchev–Trinajstić information content (AvgIpc) is 2.55. The predicted molar refractivity (Wildman–Crippen MR) is 98.6 cm³/mol. The molecule has 0 fully saturated rings. The van der Waals surface area contributed by atoms with Crippen molar-refractivity contribution in [3.8, 4) is 17.2 Å². The van der Waals surface area contributed by atoms with Gasteiger partial charge in [-0.3, -0.25) is 0 Å². The lowest BCUT2D eigenvalue weighted by Crippen LogP contribution is -2.08. The van der Waals surface area contributed by atoms with E-state index in [1.807, 2.05) is 13.0 Å². The van der Waals surface area contributed by atoms with E-state index in [-0.39, 0.29) is 22.8 Å². The summed E-state index contributed by atoms with van der Waals surface area (Å²) in [5, 5.41) is 10.4. The third kappa shape index (κ3) is 4.66. The molecule has 1 aromatic carbocycles. The second-order valence-corrected chi connectivity index (χ2v) is 6.09. The first-order valence-corrected chi connectivity index (χ1v) is 8.18. The highest BCUT2D eigenvalue weighted by Gasteiger charge is 2.18. The Kier molecular flexibility index (Phi) is 6.28. The molecule has 1 N–H and O–H groups in total. The van der Waals surface area contributed by atoms with E-state index >= 15 is 0 Å². The minimum atomic E-state index is -0.684. The maximum atomic E-state index is 12.0. The van der Waals surface area contributed by atoms with Crippen LogP contribution in [0.1, 0.15) is 33.6 Å². The maximum absolute atomic E-state index is 12.0. The van der Waals surface area contributed by atoms with Crippen molar-refractivity contribution in [2.24, 2.45) is 0 Å². The Balaban J connectivity index is 2.24. The molecule has 0 saturated carbocycles. The maximum Gasteiger partial charge on any atom is 0.383 e. The Morgan fingerprint density at radius 3 is 2.64 bits per heavy atom. The summed E-state index contributed by atoms with van der Waals surface area (Å²) < 4.78 is 16.0. The van der Waals surface area contributed by atoms with Gasteiger partial charge in [0.05, 0.1) is 12.5 Å². The molecule has 25 heavy (non-hydrogen) atoms. The molecule has 5 nitrogen and oxygen atoms in total. The van der Waals surface area contributed by atoms with Gasteiger partial charge in [-0.25, -0.2) is 4.79 Å². The Labute approximate surface area is 147 Å². The Morgan fingerprint density at radius 2 is 1.96 bits per heavy atom. The lowest BCUT2D eigenvalue weighted by atomic mass is 10.1. The second-order valence-electron chi connectivity index (χ2n) is 6.09. The van der Waals surface area contributed by atoms with E-state index in [1.165, 1.54) is 24.3 Å². The number of ether oxygens (including phenoxy) is 2. The Morgan fingerprint density at radius 1 is 1.20 bits per heavy atom. The van der Waals surface area contributed by atoms with Crippen LogP contribution < -0.4 is 15.1 Å². The summed E-state index contributed by atoms with van der Waals surface area (Å²) in [5.74, 6) is 0.155. The van der Waals surface area contributed by atoms with Crippen LogP contribution in [0.3, 0.4) is 0 Å². The van der Waals surface area contributed by atoms with E-state index in [9.17, 15) is 9.90 Å². The lowest BCUT2D eigenvalue weighted by molar-refractivity contribution is 0.314. The van der Waals surface area contributed by atoms with E-state index in [2.05, 4.69) is 19.9 Å². The standard InChI is InChI=1S/C20H24O5/c1-13(2)7-5-8-14(3)11-12-24-18-15-9-6-10-16(21)17(15)25-20(22)19(18)23-4/h6-7,9-11,21H,5,8,12H2,1-4H3/b14-11+. The van der Waals surface area contributed by atoms with Gasteiger partial charge < -0.3 is 19.0 Å². The van der Waals surface area contributed by atoms with Gasteiger partial charge in [0.25, 0.3) is 0 Å². The zero-order valence-corrected chi connectivity index (χ0v) is 15.1. The highest BCUT2D eigenvalue weighted by Crippen LogP contribution is 2.36. The van der Waals surface area contributed by atoms with Gasteiger partial charge in [-0.1, -0.05) is 23.3 Å². The largest absolute Gasteiger partial charge is 0.504 e. The van der Waals surface area contributed by atoms with Crippen molar-refractivity contribution in [3.63, 3.8) is 0 Å². The SMILES string of the molecule is COc1c(OC/C=C(\C)CCC=C(C)C)c2cccc(O)c2oc1=O. The summed E-state index contributed by atoms with van der Waals surface area (Å²) in [6, 6.07) is 4.82. The van der Waals surface area contributed by atoms with Crippen molar-refractivity contribution in [1.82, 2.24) is 0 Å². The molecule has 0 aliphatic rings. The molecule has 0 aliphatic heterocycles. The third-order valence-electron chi connectivity index (χ3n) is 3.78. The van der Waals surface area contributed by atoms with E-state index in [1.54, 1.807) is 12.1 Å². The molecule has 0 spiro atoms. The summed E-state index contributed by atoms with van der Waals surface area (Å²) in [5.41, 5.74) is 1.91. The summed E-state index contributed by atoms with van der Waals surface area (Å²) >= 11 is 0. The number of hydrogen-bond donors (Lipinski definition) is 1. The molecule has 2 rings (SSSR count). The molecular weight excluding hydrogens is 320 g/mol. The number of benzene rings is 1. The number of methoxy groups -OCH3 is 1. The third-order valence-corrected chi connectivity index (χ3v) is 3.78. The van der Waals surface area contributed by atoms with Crippen molar-refractivity contribution in [1.29, 1.82) is 0 Å². The average molecular weight is 344 g/mol. The van der Waals surface area contributed by atoms with Gasteiger partial charge in [0.15, 0.2) is 17.1 Å². The normalized spacial score (nSPS) is 11.4. The number of allylic oxidation sites excluding steroid dienone is 3. The molecule has 0 amide bonds. The summed E-state index contributed by atoms with van der Waals surface area (Å²) in [6.07, 6.45) is 6.10. The quantitative estimate of drug-likeness (QED) is 0.588. The molecule has 1 aromatic heterocycles. The van der Waals surface area contributed by atoms with Gasteiger partial charge in [0.2, 0.25) is 5.75 Å². The fourth-order valence-corrected chi connectivity index (χ4v) is 2.44. The topological polar surface area (TPSA) is 68.9 Å². The van der Waals surface area contributed by atoms with E-state index in [0.717, 1.165) is 12.8 Å². The first kappa shape index (κ1) is 18.6. The van der Waals surface area contributed by atoms with Crippen LogP contribution in [0.5, 0.6) is 17.2 Å². The number of para-hydroxylation sites is 1. The molecule has 0 atom stereocenters. The first-order valence-electron chi connectivity index (χ1n) is 8.18. The fourth-order valence-electron chi connectivity index (χ4n) is 2.44. The van der Waals surface area contributed by atoms with Crippen LogP contribution >= 0.6 is 0 Å². The van der Waals surface area contributed by atoms with Crippen molar-refractivity contribution < 1.29 is 19.0 Å². The molecular formula is C20H24O5. The van der Waals surface area contributed by atoms with Crippen LogP contribution in [0.15, 0.2) is 50.7 Å². The molecule has 2 aromatic rings. The number of phenols is 1. The van der Waals surface area contributed by atoms with Gasteiger partial charge in [0, 0.05) is 0 Å². The Bertz CT molecular complexity index is 854. The fraction of sp³-hybridized carbons (Fsp3) is 0.350. The van der Waals surface area contributed by atoms with Crippen LogP contribution in [0, 0.1) is 0 Å². The molecule has 134 valence electrons. The van der Waals surface area contributed by atoms with Crippen molar-refractivity contribution in [3.05, 3.63) is 51.9 Å². The van der Waals surface area contributed by atoms with E-state index in [0.29, 0.717) is 12.0 Å². The van der Waals surface area contributed by atoms with Gasteiger partial charge in [-0.2, -0.15) is 0 Å². The van der Waals surface area contributed by atoms with Crippen molar-refractivity contribution >= 4 is 11.0 Å². The molecule has 0 aliphatic carbocycles. The smallest absolute Gasteiger partial charge is 0.383 e. The van der Waals surface area contributed by atoms with Gasteiger partial charge in [-0.05, 0) is 51.8 Å². The highest BCUT2D eigenvalue weighted by atomic mass is 16.5. The van der Waals surface area contributed by atoms with Gasteiger partial charge in [-0.15, -0.1) is 0 Å². The summed E-state index contributed by atoms with van der Waals surface area (Å²) in [4.78, 5) is 12.0. The van der Waals surface area contributed by atoms with Crippen LogP contribution in [0.25, 0.3) is 11.0 Å². The van der Waals surface area contributed by atoms with Gasteiger partial charge >= 0.3 is 5.63 Å². The highest BCUT2D eigenvalue weighted by molar-refractivity contribution is 5.89. The minimum absolute atomic E-state index is 0.00584. The lowest BCUT2D eigenvalue weighted by Gasteiger charge is -2.11. The monoisotopic (exact) mass is 344 g/mol. The predicted octanol–water partition coefficient (Wildman–Crippen LogP) is 4.58. The molecule has 1 heterocycles. The number of rotatable bonds is 7. The van der Waals surface area contributed by atoms with Gasteiger partial charge in [0.1, 0.15) is 6.61 Å². The van der Waals surface area contributed by atoms with E-state index in [4.69, 9.17) is 13.9 Å². The molecule has 0 unspecified atom stereocenters. The number of fused-ring (bicyclic) bond motifs is 1. The van der Waals surface area contributed by atoms with Crippen LogP contribution in [-0.2, 0) is 0 Å². The summed E-state index contributed by atoms with van der Waals surface area (Å²) in [7, 11) is 1.38. The van der Waals surface area contributed by atoms with Crippen molar-refractivity contribution in [2.45, 2.75) is 33.6 Å². The minimum Gasteiger partial charge on any atom is -0.504 e. The van der Waals surface area contributed by atoms with Crippen LogP contribution in [0.2, 0.25) is 0 Å². The number of hydrogen-bond acceptors (Lipinski definition) is 5. The number of phenolic OH excluding ortho intramolecular Hbond substituents is 1. The zero-order chi connectivity index (χ0) is 18.4. The van der Waals surface area contributed by atoms with E-state index < -0.39 is 5.63 Å². The molecule has 5 heteroatoms. The molecule has 0 saturated heterocycles. The number of aromatic hydroxyl groups is 1. The molecule has 0 bridgehead atoms. The molecule has 0 radical (unpaired) electrons. The Hall–Kier alpha value is -2.69.